The van der Waals surface area contributed by atoms with Gasteiger partial charge < -0.3 is 10.0 Å². The van der Waals surface area contributed by atoms with E-state index >= 15 is 0 Å². The van der Waals surface area contributed by atoms with Crippen LogP contribution in [-0.2, 0) is 11.3 Å². The molecule has 1 saturated heterocycles. The number of likely N-dealkylation sites (tertiary alicyclic amines) is 1. The van der Waals surface area contributed by atoms with Gasteiger partial charge in [-0.15, -0.1) is 0 Å². The molecule has 82 valence electrons. The fourth-order valence-electron chi connectivity index (χ4n) is 1.98. The molecule has 5 nitrogen and oxygen atoms in total. The van der Waals surface area contributed by atoms with Crippen molar-refractivity contribution in [2.75, 3.05) is 13.2 Å². The minimum Gasteiger partial charge on any atom is -0.394 e. The normalized spacial score (nSPS) is 20.9. The first-order valence-electron chi connectivity index (χ1n) is 5.19. The molecule has 1 aliphatic heterocycles. The van der Waals surface area contributed by atoms with Crippen molar-refractivity contribution in [3.8, 4) is 0 Å². The van der Waals surface area contributed by atoms with Gasteiger partial charge in [-0.3, -0.25) is 9.48 Å². The third-order valence-corrected chi connectivity index (χ3v) is 2.76. The Morgan fingerprint density at radius 1 is 1.60 bits per heavy atom. The topological polar surface area (TPSA) is 58.4 Å². The van der Waals surface area contributed by atoms with Gasteiger partial charge in [-0.25, -0.2) is 0 Å². The van der Waals surface area contributed by atoms with Gasteiger partial charge in [0.1, 0.15) is 6.54 Å². The van der Waals surface area contributed by atoms with Gasteiger partial charge in [-0.2, -0.15) is 5.10 Å². The molecular weight excluding hydrogens is 194 g/mol. The molecule has 1 atom stereocenters. The molecular formula is C10H15N3O2. The minimum absolute atomic E-state index is 0.00747. The highest BCUT2D eigenvalue weighted by molar-refractivity contribution is 5.76. The Labute approximate surface area is 88.3 Å². The number of hydrogen-bond donors (Lipinski definition) is 1. The zero-order chi connectivity index (χ0) is 10.7. The van der Waals surface area contributed by atoms with E-state index < -0.39 is 0 Å². The predicted octanol–water partition coefficient (Wildman–Crippen LogP) is -0.134. The first-order chi connectivity index (χ1) is 7.31. The molecule has 2 rings (SSSR count). The molecule has 0 aliphatic carbocycles. The minimum atomic E-state index is 0.00747. The highest BCUT2D eigenvalue weighted by Gasteiger charge is 2.27. The molecule has 0 saturated carbocycles. The van der Waals surface area contributed by atoms with E-state index in [-0.39, 0.29) is 25.1 Å². The van der Waals surface area contributed by atoms with Crippen molar-refractivity contribution in [1.29, 1.82) is 0 Å². The average Bonchev–Trinajstić information content (AvgIpc) is 2.86. The summed E-state index contributed by atoms with van der Waals surface area (Å²) < 4.78 is 1.61. The molecule has 0 aromatic carbocycles. The van der Waals surface area contributed by atoms with Crippen LogP contribution in [-0.4, -0.2) is 44.9 Å². The molecule has 1 N–H and O–H groups in total. The zero-order valence-corrected chi connectivity index (χ0v) is 8.54. The van der Waals surface area contributed by atoms with Crippen molar-refractivity contribution in [2.45, 2.75) is 25.4 Å². The van der Waals surface area contributed by atoms with Crippen LogP contribution in [0.4, 0.5) is 0 Å². The summed E-state index contributed by atoms with van der Waals surface area (Å²) in [6.45, 7) is 1.08. The second-order valence-electron chi connectivity index (χ2n) is 3.77. The third-order valence-electron chi connectivity index (χ3n) is 2.76. The van der Waals surface area contributed by atoms with E-state index in [0.29, 0.717) is 0 Å². The van der Waals surface area contributed by atoms with Crippen LogP contribution in [0.1, 0.15) is 12.8 Å². The van der Waals surface area contributed by atoms with Gasteiger partial charge >= 0.3 is 0 Å². The van der Waals surface area contributed by atoms with Gasteiger partial charge in [0, 0.05) is 18.9 Å². The van der Waals surface area contributed by atoms with E-state index in [4.69, 9.17) is 5.11 Å². The van der Waals surface area contributed by atoms with Crippen LogP contribution in [0.25, 0.3) is 0 Å². The molecule has 1 aromatic rings. The summed E-state index contributed by atoms with van der Waals surface area (Å²) in [5.74, 6) is 0.0373. The Balaban J connectivity index is 1.96. The number of carbonyl (C=O) groups excluding carboxylic acids is 1. The molecule has 1 fully saturated rings. The SMILES string of the molecule is O=C(Cn1cccn1)N1CCC[C@H]1CO. The lowest BCUT2D eigenvalue weighted by Crippen LogP contribution is -2.39. The first kappa shape index (κ1) is 10.2. The Morgan fingerprint density at radius 2 is 2.47 bits per heavy atom. The zero-order valence-electron chi connectivity index (χ0n) is 8.54. The molecule has 5 heteroatoms. The number of amides is 1. The van der Waals surface area contributed by atoms with Gasteiger partial charge in [0.05, 0.1) is 12.6 Å². The summed E-state index contributed by atoms with van der Waals surface area (Å²) in [6.07, 6.45) is 5.31. The quantitative estimate of drug-likeness (QED) is 0.754. The van der Waals surface area contributed by atoms with Gasteiger partial charge in [0.2, 0.25) is 5.91 Å². The van der Waals surface area contributed by atoms with Crippen molar-refractivity contribution in [3.05, 3.63) is 18.5 Å². The smallest absolute Gasteiger partial charge is 0.244 e. The third kappa shape index (κ3) is 2.18. The van der Waals surface area contributed by atoms with Crippen LogP contribution in [0.15, 0.2) is 18.5 Å². The molecule has 0 spiro atoms. The molecule has 15 heavy (non-hydrogen) atoms. The molecule has 1 aromatic heterocycles. The number of nitrogens with zero attached hydrogens (tertiary/aromatic N) is 3. The maximum absolute atomic E-state index is 11.8. The van der Waals surface area contributed by atoms with E-state index in [0.717, 1.165) is 19.4 Å². The van der Waals surface area contributed by atoms with Crippen molar-refractivity contribution in [2.24, 2.45) is 0 Å². The van der Waals surface area contributed by atoms with E-state index in [9.17, 15) is 4.79 Å². The van der Waals surface area contributed by atoms with Crippen molar-refractivity contribution in [3.63, 3.8) is 0 Å². The van der Waals surface area contributed by atoms with E-state index in [1.807, 2.05) is 0 Å². The number of aromatic nitrogens is 2. The van der Waals surface area contributed by atoms with Gasteiger partial charge in [0.25, 0.3) is 0 Å². The fraction of sp³-hybridized carbons (Fsp3) is 0.600. The van der Waals surface area contributed by atoms with Crippen molar-refractivity contribution < 1.29 is 9.90 Å². The first-order valence-corrected chi connectivity index (χ1v) is 5.19. The van der Waals surface area contributed by atoms with E-state index in [1.54, 1.807) is 28.0 Å². The van der Waals surface area contributed by atoms with Crippen LogP contribution in [0.3, 0.4) is 0 Å². The molecule has 1 amide bonds. The number of aliphatic hydroxyl groups excluding tert-OH is 1. The largest absolute Gasteiger partial charge is 0.394 e. The maximum atomic E-state index is 11.8. The second-order valence-corrected chi connectivity index (χ2v) is 3.77. The maximum Gasteiger partial charge on any atom is 0.244 e. The van der Waals surface area contributed by atoms with Gasteiger partial charge in [-0.1, -0.05) is 0 Å². The monoisotopic (exact) mass is 209 g/mol. The molecule has 0 bridgehead atoms. The summed E-state index contributed by atoms with van der Waals surface area (Å²) in [7, 11) is 0. The molecule has 0 unspecified atom stereocenters. The summed E-state index contributed by atoms with van der Waals surface area (Å²) in [4.78, 5) is 13.6. The van der Waals surface area contributed by atoms with Crippen LogP contribution >= 0.6 is 0 Å². The molecule has 0 radical (unpaired) electrons. The highest BCUT2D eigenvalue weighted by atomic mass is 16.3. The number of hydrogen-bond acceptors (Lipinski definition) is 3. The Morgan fingerprint density at radius 3 is 3.13 bits per heavy atom. The lowest BCUT2D eigenvalue weighted by Gasteiger charge is -2.22. The molecule has 1 aliphatic rings. The van der Waals surface area contributed by atoms with E-state index in [2.05, 4.69) is 5.10 Å². The van der Waals surface area contributed by atoms with Gasteiger partial charge in [-0.05, 0) is 18.9 Å². The fourth-order valence-corrected chi connectivity index (χ4v) is 1.98. The number of aliphatic hydroxyl groups is 1. The standard InChI is InChI=1S/C10H15N3O2/c14-8-9-3-1-6-13(9)10(15)7-12-5-2-4-11-12/h2,4-5,9,14H,1,3,6-8H2/t9-/m0/s1. The highest BCUT2D eigenvalue weighted by Crippen LogP contribution is 2.16. The van der Waals surface area contributed by atoms with Gasteiger partial charge in [0.15, 0.2) is 0 Å². The predicted molar refractivity (Wildman–Crippen MR) is 54.0 cm³/mol. The van der Waals surface area contributed by atoms with Crippen LogP contribution in [0.5, 0.6) is 0 Å². The Bertz CT molecular complexity index is 323. The Kier molecular flexibility index (Phi) is 3.01. The molecule has 2 heterocycles. The van der Waals surface area contributed by atoms with Crippen molar-refractivity contribution >= 4 is 5.91 Å². The van der Waals surface area contributed by atoms with E-state index in [1.165, 1.54) is 0 Å². The average molecular weight is 209 g/mol. The second kappa shape index (κ2) is 4.44. The lowest BCUT2D eigenvalue weighted by molar-refractivity contribution is -0.133. The van der Waals surface area contributed by atoms with Crippen molar-refractivity contribution in [1.82, 2.24) is 14.7 Å². The van der Waals surface area contributed by atoms with Crippen LogP contribution in [0, 0.1) is 0 Å². The summed E-state index contributed by atoms with van der Waals surface area (Å²) in [5, 5.41) is 13.1. The van der Waals surface area contributed by atoms with Crippen LogP contribution in [0.2, 0.25) is 0 Å². The summed E-state index contributed by atoms with van der Waals surface area (Å²) in [5.41, 5.74) is 0. The lowest BCUT2D eigenvalue weighted by atomic mass is 10.2. The number of rotatable bonds is 3. The summed E-state index contributed by atoms with van der Waals surface area (Å²) in [6, 6.07) is 1.80. The van der Waals surface area contributed by atoms with Crippen LogP contribution < -0.4 is 0 Å². The summed E-state index contributed by atoms with van der Waals surface area (Å²) >= 11 is 0. The number of carbonyl (C=O) groups is 1. The Hall–Kier alpha value is -1.36.